The number of alkyl halides is 3. The van der Waals surface area contributed by atoms with E-state index < -0.39 is 35.6 Å². The highest BCUT2D eigenvalue weighted by Crippen LogP contribution is 2.38. The summed E-state index contributed by atoms with van der Waals surface area (Å²) < 4.78 is 56.8. The molecule has 0 aliphatic heterocycles. The summed E-state index contributed by atoms with van der Waals surface area (Å²) in [6.45, 7) is 1.34. The Kier molecular flexibility index (Phi) is 6.27. The number of rotatable bonds is 6. The molecule has 3 aromatic carbocycles. The molecule has 0 fully saturated rings. The van der Waals surface area contributed by atoms with Crippen molar-refractivity contribution in [3.05, 3.63) is 94.3 Å². The molecule has 4 aromatic rings. The fraction of sp³-hybridized carbons (Fsp3) is 0.120. The van der Waals surface area contributed by atoms with E-state index in [2.05, 4.69) is 5.32 Å². The largest absolute Gasteiger partial charge is 0.484 e. The topological polar surface area (TPSA) is 77.8 Å². The van der Waals surface area contributed by atoms with Crippen LogP contribution in [0, 0.1) is 6.92 Å². The number of halogens is 3. The molecule has 1 heterocycles. The first kappa shape index (κ1) is 22.9. The van der Waals surface area contributed by atoms with E-state index in [9.17, 15) is 22.8 Å². The van der Waals surface area contributed by atoms with Gasteiger partial charge in [0.15, 0.2) is 6.61 Å². The number of aryl methyl sites for hydroxylation is 1. The molecule has 0 unspecified atom stereocenters. The summed E-state index contributed by atoms with van der Waals surface area (Å²) >= 11 is 0. The molecule has 6 nitrogen and oxygen atoms in total. The lowest BCUT2D eigenvalue weighted by Crippen LogP contribution is -2.20. The molecule has 0 aliphatic rings. The van der Waals surface area contributed by atoms with Gasteiger partial charge in [0.25, 0.3) is 11.7 Å². The fourth-order valence-corrected chi connectivity index (χ4v) is 3.19. The third-order valence-corrected chi connectivity index (χ3v) is 4.72. The summed E-state index contributed by atoms with van der Waals surface area (Å²) in [5, 5.41) is 2.49. The molecule has 174 valence electrons. The van der Waals surface area contributed by atoms with Gasteiger partial charge in [-0.25, -0.2) is 0 Å². The second-order valence-corrected chi connectivity index (χ2v) is 7.37. The maximum atomic E-state index is 13.7. The molecule has 0 saturated carbocycles. The summed E-state index contributed by atoms with van der Waals surface area (Å²) in [6.07, 6.45) is -4.99. The average Bonchev–Trinajstić information content (AvgIpc) is 2.79. The molecule has 1 N–H and O–H groups in total. The highest BCUT2D eigenvalue weighted by molar-refractivity contribution is 5.91. The quantitative estimate of drug-likeness (QED) is 0.379. The van der Waals surface area contributed by atoms with Crippen molar-refractivity contribution in [3.63, 3.8) is 0 Å². The Morgan fingerprint density at radius 2 is 1.74 bits per heavy atom. The maximum Gasteiger partial charge on any atom is 0.453 e. The molecule has 0 saturated heterocycles. The van der Waals surface area contributed by atoms with Crippen molar-refractivity contribution < 1.29 is 31.9 Å². The van der Waals surface area contributed by atoms with E-state index in [0.29, 0.717) is 5.69 Å². The molecule has 34 heavy (non-hydrogen) atoms. The minimum atomic E-state index is -4.99. The number of fused-ring (bicyclic) bond motifs is 1. The van der Waals surface area contributed by atoms with Gasteiger partial charge in [-0.2, -0.15) is 13.2 Å². The van der Waals surface area contributed by atoms with Gasteiger partial charge in [0.1, 0.15) is 17.1 Å². The van der Waals surface area contributed by atoms with Crippen molar-refractivity contribution in [2.24, 2.45) is 0 Å². The van der Waals surface area contributed by atoms with Crippen LogP contribution in [0.2, 0.25) is 0 Å². The molecule has 0 radical (unpaired) electrons. The van der Waals surface area contributed by atoms with Crippen molar-refractivity contribution in [2.45, 2.75) is 13.1 Å². The summed E-state index contributed by atoms with van der Waals surface area (Å²) in [7, 11) is 0. The number of carbonyl (C=O) groups excluding carboxylic acids is 1. The molecule has 0 atom stereocenters. The lowest BCUT2D eigenvalue weighted by Gasteiger charge is -2.14. The predicted molar refractivity (Wildman–Crippen MR) is 119 cm³/mol. The molecule has 0 aliphatic carbocycles. The van der Waals surface area contributed by atoms with Crippen LogP contribution in [0.4, 0.5) is 18.9 Å². The zero-order chi connectivity index (χ0) is 24.3. The predicted octanol–water partition coefficient (Wildman–Crippen LogP) is 5.93. The van der Waals surface area contributed by atoms with Gasteiger partial charge in [-0.05, 0) is 48.9 Å². The van der Waals surface area contributed by atoms with Crippen LogP contribution in [0.1, 0.15) is 11.3 Å². The van der Waals surface area contributed by atoms with Gasteiger partial charge in [-0.15, -0.1) is 0 Å². The van der Waals surface area contributed by atoms with Crippen LogP contribution in [0.25, 0.3) is 11.0 Å². The number of nitrogens with one attached hydrogen (secondary N) is 1. The van der Waals surface area contributed by atoms with E-state index in [1.807, 2.05) is 0 Å². The first-order valence-corrected chi connectivity index (χ1v) is 10.1. The number of amides is 1. The molecule has 0 bridgehead atoms. The minimum Gasteiger partial charge on any atom is -0.484 e. The van der Waals surface area contributed by atoms with Crippen LogP contribution < -0.4 is 20.2 Å². The average molecular weight is 469 g/mol. The van der Waals surface area contributed by atoms with Crippen LogP contribution in [0.3, 0.4) is 0 Å². The monoisotopic (exact) mass is 469 g/mol. The number of para-hydroxylation sites is 1. The van der Waals surface area contributed by atoms with Gasteiger partial charge in [0.05, 0.1) is 5.39 Å². The number of hydrogen-bond donors (Lipinski definition) is 1. The van der Waals surface area contributed by atoms with E-state index in [-0.39, 0.29) is 22.5 Å². The van der Waals surface area contributed by atoms with Gasteiger partial charge in [-0.1, -0.05) is 30.3 Å². The van der Waals surface area contributed by atoms with Gasteiger partial charge < -0.3 is 19.2 Å². The maximum absolute atomic E-state index is 13.7. The number of anilines is 1. The number of carbonyl (C=O) groups is 1. The number of benzene rings is 3. The standard InChI is InChI=1S/C25H18F3NO5/c1-15-6-5-9-18(12-15)33-23-22(31)19-11-10-17(13-20(19)34-24(23)25(26,27)28)32-14-21(30)29-16-7-3-2-4-8-16/h2-13H,14H2,1H3,(H,29,30). The first-order chi connectivity index (χ1) is 16.2. The van der Waals surface area contributed by atoms with Gasteiger partial charge in [0.2, 0.25) is 11.2 Å². The Morgan fingerprint density at radius 1 is 0.971 bits per heavy atom. The summed E-state index contributed by atoms with van der Waals surface area (Å²) in [6, 6.07) is 18.7. The normalized spacial score (nSPS) is 11.3. The SMILES string of the molecule is Cc1cccc(Oc2c(C(F)(F)F)oc3cc(OCC(=O)Nc4ccccc4)ccc3c2=O)c1. The lowest BCUT2D eigenvalue weighted by atomic mass is 10.2. The summed E-state index contributed by atoms with van der Waals surface area (Å²) in [4.78, 5) is 24.9. The summed E-state index contributed by atoms with van der Waals surface area (Å²) in [5.41, 5.74) is -0.0239. The van der Waals surface area contributed by atoms with Crippen molar-refractivity contribution >= 4 is 22.6 Å². The smallest absolute Gasteiger partial charge is 0.453 e. The molecule has 0 spiro atoms. The molecule has 4 rings (SSSR count). The minimum absolute atomic E-state index is 0.0549. The Hall–Kier alpha value is -4.27. The zero-order valence-electron chi connectivity index (χ0n) is 17.8. The third-order valence-electron chi connectivity index (χ3n) is 4.72. The Balaban J connectivity index is 1.62. The van der Waals surface area contributed by atoms with Crippen LogP contribution in [-0.4, -0.2) is 12.5 Å². The molecule has 1 aromatic heterocycles. The van der Waals surface area contributed by atoms with E-state index in [4.69, 9.17) is 13.9 Å². The van der Waals surface area contributed by atoms with E-state index in [0.717, 1.165) is 11.6 Å². The van der Waals surface area contributed by atoms with Crippen molar-refractivity contribution in [1.29, 1.82) is 0 Å². The zero-order valence-corrected chi connectivity index (χ0v) is 17.8. The van der Waals surface area contributed by atoms with E-state index in [1.165, 1.54) is 24.3 Å². The van der Waals surface area contributed by atoms with Gasteiger partial charge in [-0.3, -0.25) is 9.59 Å². The van der Waals surface area contributed by atoms with Crippen molar-refractivity contribution in [3.8, 4) is 17.2 Å². The molecular weight excluding hydrogens is 451 g/mol. The van der Waals surface area contributed by atoms with Crippen LogP contribution in [-0.2, 0) is 11.0 Å². The van der Waals surface area contributed by atoms with Crippen molar-refractivity contribution in [2.75, 3.05) is 11.9 Å². The molecule has 9 heteroatoms. The third kappa shape index (κ3) is 5.20. The van der Waals surface area contributed by atoms with E-state index in [1.54, 1.807) is 49.4 Å². The molecular formula is C25H18F3NO5. The Bertz CT molecular complexity index is 1400. The van der Waals surface area contributed by atoms with Crippen LogP contribution >= 0.6 is 0 Å². The second kappa shape index (κ2) is 9.30. The highest BCUT2D eigenvalue weighted by atomic mass is 19.4. The number of ether oxygens (including phenoxy) is 2. The molecule has 1 amide bonds. The van der Waals surface area contributed by atoms with Gasteiger partial charge >= 0.3 is 6.18 Å². The number of hydrogen-bond acceptors (Lipinski definition) is 5. The first-order valence-electron chi connectivity index (χ1n) is 10.1. The van der Waals surface area contributed by atoms with Crippen LogP contribution in [0.15, 0.2) is 82.0 Å². The lowest BCUT2D eigenvalue weighted by molar-refractivity contribution is -0.154. The second-order valence-electron chi connectivity index (χ2n) is 7.37. The van der Waals surface area contributed by atoms with Crippen LogP contribution in [0.5, 0.6) is 17.2 Å². The highest BCUT2D eigenvalue weighted by Gasteiger charge is 2.40. The van der Waals surface area contributed by atoms with Crippen molar-refractivity contribution in [1.82, 2.24) is 0 Å². The summed E-state index contributed by atoms with van der Waals surface area (Å²) in [5.74, 6) is -2.86. The van der Waals surface area contributed by atoms with Gasteiger partial charge in [0, 0.05) is 11.8 Å². The van der Waals surface area contributed by atoms with E-state index >= 15 is 0 Å². The Morgan fingerprint density at radius 3 is 2.44 bits per heavy atom. The fourth-order valence-electron chi connectivity index (χ4n) is 3.19. The Labute approximate surface area is 191 Å².